The Balaban J connectivity index is 1.86. The molecule has 43 heavy (non-hydrogen) atoms. The van der Waals surface area contributed by atoms with Gasteiger partial charge in [0.15, 0.2) is 0 Å². The molecule has 7 nitrogen and oxygen atoms in total. The molecule has 1 atom stereocenters. The molecule has 1 heterocycles. The molecule has 2 aromatic rings. The fourth-order valence-electron chi connectivity index (χ4n) is 3.94. The molecule has 0 radical (unpaired) electrons. The monoisotopic (exact) mass is 642 g/mol. The molecule has 3 N–H and O–H groups in total. The minimum atomic E-state index is -5.06. The summed E-state index contributed by atoms with van der Waals surface area (Å²) in [4.78, 5) is 29.2. The summed E-state index contributed by atoms with van der Waals surface area (Å²) in [6, 6.07) is 8.42. The van der Waals surface area contributed by atoms with Crippen molar-refractivity contribution in [3.05, 3.63) is 70.3 Å². The lowest BCUT2D eigenvalue weighted by molar-refractivity contribution is -0.267. The number of benzene rings is 2. The number of carbonyl (C=O) groups excluding carboxylic acids is 2. The van der Waals surface area contributed by atoms with Crippen LogP contribution in [0.1, 0.15) is 28.8 Å². The first kappa shape index (κ1) is 33.4. The summed E-state index contributed by atoms with van der Waals surface area (Å²) in [6.45, 7) is -2.38. The Labute approximate surface area is 241 Å². The lowest BCUT2D eigenvalue weighted by Gasteiger charge is -2.28. The third-order valence-electron chi connectivity index (χ3n) is 6.08. The molecule has 3 rings (SSSR count). The van der Waals surface area contributed by atoms with E-state index in [1.807, 2.05) is 0 Å². The van der Waals surface area contributed by atoms with Gasteiger partial charge in [-0.15, -0.1) is 0 Å². The van der Waals surface area contributed by atoms with Crippen molar-refractivity contribution in [1.29, 1.82) is 5.41 Å². The van der Waals surface area contributed by atoms with Crippen LogP contribution in [-0.4, -0.2) is 61.0 Å². The highest BCUT2D eigenvalue weighted by molar-refractivity contribution is 6.31. The molecule has 1 aliphatic heterocycles. The van der Waals surface area contributed by atoms with Gasteiger partial charge in [-0.1, -0.05) is 53.2 Å². The Bertz CT molecular complexity index is 1500. The molecule has 2 amide bonds. The van der Waals surface area contributed by atoms with Crippen LogP contribution in [0, 0.1) is 5.41 Å². The van der Waals surface area contributed by atoms with Gasteiger partial charge in [0, 0.05) is 35.2 Å². The van der Waals surface area contributed by atoms with Crippen LogP contribution in [0.4, 0.5) is 39.5 Å². The van der Waals surface area contributed by atoms with Crippen molar-refractivity contribution in [2.45, 2.75) is 37.0 Å². The normalized spacial score (nSPS) is 18.2. The quantitative estimate of drug-likeness (QED) is 0.169. The van der Waals surface area contributed by atoms with Crippen LogP contribution < -0.4 is 10.6 Å². The van der Waals surface area contributed by atoms with Crippen LogP contribution in [0.15, 0.2) is 64.3 Å². The van der Waals surface area contributed by atoms with Crippen molar-refractivity contribution < 1.29 is 53.9 Å². The maximum absolute atomic E-state index is 14.2. The highest BCUT2D eigenvalue weighted by atomic mass is 35.5. The lowest BCUT2D eigenvalue weighted by atomic mass is 9.88. The molecule has 1 aliphatic rings. The molecule has 0 spiro atoms. The average Bonchev–Trinajstić information content (AvgIpc) is 3.36. The summed E-state index contributed by atoms with van der Waals surface area (Å²) in [5.74, 6) is -1.96. The van der Waals surface area contributed by atoms with Crippen LogP contribution >= 0.6 is 11.6 Å². The second-order valence-electron chi connectivity index (χ2n) is 9.11. The topological polar surface area (TPSA) is 104 Å². The highest BCUT2D eigenvalue weighted by Crippen LogP contribution is 2.45. The number of allylic oxidation sites excluding steroid dienone is 3. The number of hydrogen-bond donors (Lipinski definition) is 3. The number of rotatable bonds is 9. The zero-order chi connectivity index (χ0) is 32.2. The number of nitrogens with zero attached hydrogens (tertiary/aromatic N) is 1. The maximum Gasteiger partial charge on any atom is 0.431 e. The fourth-order valence-corrected chi connectivity index (χ4v) is 4.13. The number of carbonyl (C=O) groups is 2. The number of alkyl halides is 9. The first-order valence-corrected chi connectivity index (χ1v) is 12.4. The number of hydrogen-bond acceptors (Lipinski definition) is 5. The van der Waals surface area contributed by atoms with E-state index >= 15 is 0 Å². The van der Waals surface area contributed by atoms with Gasteiger partial charge in [-0.25, -0.2) is 0 Å². The van der Waals surface area contributed by atoms with Crippen molar-refractivity contribution in [3.63, 3.8) is 0 Å². The van der Waals surface area contributed by atoms with E-state index < -0.39 is 72.5 Å². The van der Waals surface area contributed by atoms with Gasteiger partial charge in [0.1, 0.15) is 6.54 Å². The highest BCUT2D eigenvalue weighted by Gasteiger charge is 2.60. The molecule has 2 aromatic carbocycles. The Kier molecular flexibility index (Phi) is 9.83. The number of fused-ring (bicyclic) bond motifs is 1. The Morgan fingerprint density at radius 1 is 1.00 bits per heavy atom. The summed E-state index contributed by atoms with van der Waals surface area (Å²) in [6.07, 6.45) is -15.7. The number of amides is 2. The lowest BCUT2D eigenvalue weighted by Crippen LogP contribution is -2.45. The van der Waals surface area contributed by atoms with E-state index in [1.165, 1.54) is 36.4 Å². The molecular formula is C26H20ClF9N4O3. The zero-order valence-corrected chi connectivity index (χ0v) is 22.2. The van der Waals surface area contributed by atoms with Crippen LogP contribution in [0.3, 0.4) is 0 Å². The predicted molar refractivity (Wildman–Crippen MR) is 138 cm³/mol. The zero-order valence-electron chi connectivity index (χ0n) is 21.5. The van der Waals surface area contributed by atoms with Crippen molar-refractivity contribution in [2.24, 2.45) is 5.16 Å². The molecule has 0 aromatic heterocycles. The van der Waals surface area contributed by atoms with Crippen LogP contribution in [0.2, 0.25) is 0 Å². The second-order valence-corrected chi connectivity index (χ2v) is 9.55. The van der Waals surface area contributed by atoms with Gasteiger partial charge in [-0.2, -0.15) is 39.5 Å². The van der Waals surface area contributed by atoms with Gasteiger partial charge in [0.2, 0.25) is 11.5 Å². The molecule has 0 unspecified atom stereocenters. The molecule has 0 saturated carbocycles. The molecule has 0 aliphatic carbocycles. The Morgan fingerprint density at radius 2 is 1.65 bits per heavy atom. The van der Waals surface area contributed by atoms with Crippen molar-refractivity contribution in [3.8, 4) is 0 Å². The third kappa shape index (κ3) is 8.27. The minimum Gasteiger partial charge on any atom is -0.378 e. The summed E-state index contributed by atoms with van der Waals surface area (Å²) in [5, 5.41) is 13.9. The van der Waals surface area contributed by atoms with E-state index in [0.29, 0.717) is 12.2 Å². The van der Waals surface area contributed by atoms with Gasteiger partial charge in [0.05, 0.1) is 17.8 Å². The van der Waals surface area contributed by atoms with E-state index in [1.54, 1.807) is 5.32 Å². The number of nitrogens with one attached hydrogen (secondary N) is 3. The van der Waals surface area contributed by atoms with E-state index in [9.17, 15) is 49.1 Å². The summed E-state index contributed by atoms with van der Waals surface area (Å²) in [7, 11) is 0. The van der Waals surface area contributed by atoms with Gasteiger partial charge >= 0.3 is 18.5 Å². The third-order valence-corrected chi connectivity index (χ3v) is 6.34. The maximum atomic E-state index is 14.2. The second kappa shape index (κ2) is 12.7. The van der Waals surface area contributed by atoms with Crippen LogP contribution in [0.5, 0.6) is 0 Å². The van der Waals surface area contributed by atoms with E-state index in [2.05, 4.69) is 10.5 Å². The van der Waals surface area contributed by atoms with E-state index in [-0.39, 0.29) is 33.8 Å². The Hall–Kier alpha value is -4.08. The standard InChI is InChI=1S/C26H20ClF9N4O3/c27-15(9-14(11-37)25(31,32)33)7-8-23(26(34,35)36)10-20(40-43-23)18-5-6-19(17-4-2-1-3-16(17)18)22(42)38-12-21(41)39-13-24(28,29)30/h1-7,9,11,37H,8,10,12-13H2,(H,38,42)(H,39,41)/b14-9+,15-7+,37-11?/t23-/m1/s1. The van der Waals surface area contributed by atoms with Gasteiger partial charge in [-0.3, -0.25) is 9.59 Å². The first-order valence-electron chi connectivity index (χ1n) is 12.0. The molecular weight excluding hydrogens is 623 g/mol. The van der Waals surface area contributed by atoms with Gasteiger partial charge in [0.25, 0.3) is 5.91 Å². The fraction of sp³-hybridized carbons (Fsp3) is 0.308. The van der Waals surface area contributed by atoms with E-state index in [0.717, 1.165) is 0 Å². The summed E-state index contributed by atoms with van der Waals surface area (Å²) < 4.78 is 118. The molecule has 0 saturated heterocycles. The Morgan fingerprint density at radius 3 is 2.23 bits per heavy atom. The van der Waals surface area contributed by atoms with E-state index in [4.69, 9.17) is 21.8 Å². The first-order chi connectivity index (χ1) is 19.9. The van der Waals surface area contributed by atoms with Crippen LogP contribution in [0.25, 0.3) is 10.8 Å². The summed E-state index contributed by atoms with van der Waals surface area (Å²) >= 11 is 5.72. The molecule has 0 bridgehead atoms. The molecule has 0 fully saturated rings. The van der Waals surface area contributed by atoms with Crippen molar-refractivity contribution in [2.75, 3.05) is 13.1 Å². The van der Waals surface area contributed by atoms with Crippen molar-refractivity contribution >= 4 is 46.1 Å². The van der Waals surface area contributed by atoms with Crippen molar-refractivity contribution in [1.82, 2.24) is 10.6 Å². The van der Waals surface area contributed by atoms with Gasteiger partial charge < -0.3 is 20.9 Å². The van der Waals surface area contributed by atoms with Crippen LogP contribution in [-0.2, 0) is 9.63 Å². The minimum absolute atomic E-state index is 0.0409. The number of oxime groups is 1. The smallest absolute Gasteiger partial charge is 0.378 e. The van der Waals surface area contributed by atoms with Gasteiger partial charge in [-0.05, 0) is 22.9 Å². The molecule has 17 heteroatoms. The molecule has 232 valence electrons. The largest absolute Gasteiger partial charge is 0.431 e. The summed E-state index contributed by atoms with van der Waals surface area (Å²) in [5.41, 5.74) is -4.61. The average molecular weight is 643 g/mol. The predicted octanol–water partition coefficient (Wildman–Crippen LogP) is 6.32. The number of halogens is 10. The SMILES string of the molecule is N=C/C(=C\C(Cl)=C/C[C@]1(C(F)(F)F)CC(c2ccc(C(=O)NCC(=O)NCC(F)(F)F)c3ccccc23)=NO1)C(F)(F)F.